The van der Waals surface area contributed by atoms with Crippen LogP contribution in [-0.4, -0.2) is 29.3 Å². The van der Waals surface area contributed by atoms with Gasteiger partial charge in [0.25, 0.3) is 5.91 Å². The lowest BCUT2D eigenvalue weighted by Gasteiger charge is -2.23. The number of benzene rings is 1. The van der Waals surface area contributed by atoms with Crippen molar-refractivity contribution in [2.75, 3.05) is 6.54 Å². The Balaban J connectivity index is 1.63. The molecule has 0 spiro atoms. The molecule has 1 aliphatic heterocycles. The van der Waals surface area contributed by atoms with Crippen LogP contribution in [0, 0.1) is 12.7 Å². The van der Waals surface area contributed by atoms with Gasteiger partial charge >= 0.3 is 0 Å². The Morgan fingerprint density at radius 1 is 1.38 bits per heavy atom. The van der Waals surface area contributed by atoms with Gasteiger partial charge in [-0.3, -0.25) is 9.59 Å². The van der Waals surface area contributed by atoms with E-state index in [-0.39, 0.29) is 24.2 Å². The summed E-state index contributed by atoms with van der Waals surface area (Å²) < 4.78 is 13.6. The molecule has 0 bridgehead atoms. The Hall–Kier alpha value is -2.21. The van der Waals surface area contributed by atoms with E-state index in [4.69, 9.17) is 0 Å². The molecule has 2 amide bonds. The average molecular weight is 346 g/mol. The van der Waals surface area contributed by atoms with Gasteiger partial charge in [0.2, 0.25) is 5.91 Å². The van der Waals surface area contributed by atoms with E-state index in [0.29, 0.717) is 29.0 Å². The lowest BCUT2D eigenvalue weighted by Crippen LogP contribution is -2.45. The Morgan fingerprint density at radius 3 is 2.92 bits per heavy atom. The van der Waals surface area contributed by atoms with Gasteiger partial charge in [-0.1, -0.05) is 18.2 Å². The summed E-state index contributed by atoms with van der Waals surface area (Å²) in [6.07, 6.45) is 1.47. The zero-order valence-electron chi connectivity index (χ0n) is 13.4. The standard InChI is InChI=1S/C18H19FN2O2S/c1-12-6-7-13(10-14(12)19)11-20-17(22)15-4-2-8-21(15)18(23)16-5-3-9-24-16/h3,5-7,9-10,15H,2,4,8,11H2,1H3,(H,20,22)/t15-/m1/s1. The smallest absolute Gasteiger partial charge is 0.264 e. The fraction of sp³-hybridized carbons (Fsp3) is 0.333. The Kier molecular flexibility index (Phi) is 4.94. The Labute approximate surface area is 144 Å². The summed E-state index contributed by atoms with van der Waals surface area (Å²) >= 11 is 1.38. The molecule has 126 valence electrons. The van der Waals surface area contributed by atoms with Crippen LogP contribution in [0.3, 0.4) is 0 Å². The molecule has 1 aromatic carbocycles. The Morgan fingerprint density at radius 2 is 2.21 bits per heavy atom. The van der Waals surface area contributed by atoms with Gasteiger partial charge < -0.3 is 10.2 Å². The highest BCUT2D eigenvalue weighted by Gasteiger charge is 2.34. The van der Waals surface area contributed by atoms with Gasteiger partial charge in [-0.25, -0.2) is 4.39 Å². The van der Waals surface area contributed by atoms with Crippen molar-refractivity contribution in [1.82, 2.24) is 10.2 Å². The van der Waals surface area contributed by atoms with E-state index in [1.54, 1.807) is 30.0 Å². The number of likely N-dealkylation sites (tertiary alicyclic amines) is 1. The van der Waals surface area contributed by atoms with Crippen molar-refractivity contribution in [3.05, 3.63) is 57.5 Å². The van der Waals surface area contributed by atoms with Crippen LogP contribution in [0.5, 0.6) is 0 Å². The summed E-state index contributed by atoms with van der Waals surface area (Å²) in [5.74, 6) is -0.556. The summed E-state index contributed by atoms with van der Waals surface area (Å²) in [6.45, 7) is 2.55. The Bertz CT molecular complexity index is 745. The first-order valence-electron chi connectivity index (χ1n) is 7.93. The zero-order valence-corrected chi connectivity index (χ0v) is 14.2. The van der Waals surface area contributed by atoms with E-state index >= 15 is 0 Å². The fourth-order valence-electron chi connectivity index (χ4n) is 2.88. The normalized spacial score (nSPS) is 17.1. The van der Waals surface area contributed by atoms with Crippen LogP contribution in [-0.2, 0) is 11.3 Å². The summed E-state index contributed by atoms with van der Waals surface area (Å²) in [6, 6.07) is 8.07. The fourth-order valence-corrected chi connectivity index (χ4v) is 3.56. The van der Waals surface area contributed by atoms with Crippen LogP contribution in [0.1, 0.15) is 33.6 Å². The number of aryl methyl sites for hydroxylation is 1. The van der Waals surface area contributed by atoms with Gasteiger partial charge in [-0.2, -0.15) is 0 Å². The van der Waals surface area contributed by atoms with Crippen molar-refractivity contribution in [2.45, 2.75) is 32.4 Å². The summed E-state index contributed by atoms with van der Waals surface area (Å²) in [4.78, 5) is 27.2. The number of rotatable bonds is 4. The first kappa shape index (κ1) is 16.6. The number of nitrogens with zero attached hydrogens (tertiary/aromatic N) is 1. The second kappa shape index (κ2) is 7.13. The molecule has 0 saturated carbocycles. The predicted molar refractivity (Wildman–Crippen MR) is 91.4 cm³/mol. The van der Waals surface area contributed by atoms with Crippen LogP contribution >= 0.6 is 11.3 Å². The monoisotopic (exact) mass is 346 g/mol. The van der Waals surface area contributed by atoms with Crippen molar-refractivity contribution >= 4 is 23.2 Å². The van der Waals surface area contributed by atoms with Gasteiger partial charge in [0.1, 0.15) is 11.9 Å². The maximum absolute atomic E-state index is 13.6. The molecule has 1 saturated heterocycles. The third kappa shape index (κ3) is 3.48. The third-order valence-electron chi connectivity index (χ3n) is 4.25. The molecule has 0 unspecified atom stereocenters. The van der Waals surface area contributed by atoms with E-state index in [0.717, 1.165) is 6.42 Å². The van der Waals surface area contributed by atoms with Crippen LogP contribution in [0.15, 0.2) is 35.7 Å². The van der Waals surface area contributed by atoms with E-state index in [1.807, 2.05) is 11.4 Å². The zero-order chi connectivity index (χ0) is 17.1. The molecular formula is C18H19FN2O2S. The van der Waals surface area contributed by atoms with Gasteiger partial charge in [0.15, 0.2) is 0 Å². The maximum atomic E-state index is 13.6. The maximum Gasteiger partial charge on any atom is 0.264 e. The molecule has 1 aliphatic rings. The number of carbonyl (C=O) groups excluding carboxylic acids is 2. The minimum Gasteiger partial charge on any atom is -0.350 e. The van der Waals surface area contributed by atoms with Crippen LogP contribution < -0.4 is 5.32 Å². The summed E-state index contributed by atoms with van der Waals surface area (Å²) in [5.41, 5.74) is 1.29. The molecule has 6 heteroatoms. The molecular weight excluding hydrogens is 327 g/mol. The second-order valence-corrected chi connectivity index (χ2v) is 6.88. The second-order valence-electron chi connectivity index (χ2n) is 5.94. The number of nitrogens with one attached hydrogen (secondary N) is 1. The molecule has 1 fully saturated rings. The van der Waals surface area contributed by atoms with Crippen molar-refractivity contribution in [1.29, 1.82) is 0 Å². The van der Waals surface area contributed by atoms with Crippen molar-refractivity contribution in [2.24, 2.45) is 0 Å². The first-order valence-corrected chi connectivity index (χ1v) is 8.81. The highest BCUT2D eigenvalue weighted by atomic mass is 32.1. The molecule has 2 aromatic rings. The number of carbonyl (C=O) groups is 2. The van der Waals surface area contributed by atoms with E-state index in [1.165, 1.54) is 17.4 Å². The number of thiophene rings is 1. The van der Waals surface area contributed by atoms with Gasteiger partial charge in [-0.05, 0) is 48.4 Å². The number of halogens is 1. The topological polar surface area (TPSA) is 49.4 Å². The molecule has 0 aliphatic carbocycles. The summed E-state index contributed by atoms with van der Waals surface area (Å²) in [7, 11) is 0. The first-order chi connectivity index (χ1) is 11.6. The quantitative estimate of drug-likeness (QED) is 0.925. The van der Waals surface area contributed by atoms with Gasteiger partial charge in [-0.15, -0.1) is 11.3 Å². The lowest BCUT2D eigenvalue weighted by molar-refractivity contribution is -0.125. The molecule has 4 nitrogen and oxygen atoms in total. The van der Waals surface area contributed by atoms with E-state index in [2.05, 4.69) is 5.32 Å². The van der Waals surface area contributed by atoms with Gasteiger partial charge in [0.05, 0.1) is 4.88 Å². The third-order valence-corrected chi connectivity index (χ3v) is 5.11. The molecule has 3 rings (SSSR count). The van der Waals surface area contributed by atoms with Crippen LogP contribution in [0.4, 0.5) is 4.39 Å². The predicted octanol–water partition coefficient (Wildman–Crippen LogP) is 3.12. The van der Waals surface area contributed by atoms with Crippen molar-refractivity contribution in [3.63, 3.8) is 0 Å². The minimum absolute atomic E-state index is 0.0935. The lowest BCUT2D eigenvalue weighted by atomic mass is 10.1. The van der Waals surface area contributed by atoms with Crippen LogP contribution in [0.25, 0.3) is 0 Å². The molecule has 1 N–H and O–H groups in total. The number of amides is 2. The number of hydrogen-bond donors (Lipinski definition) is 1. The largest absolute Gasteiger partial charge is 0.350 e. The van der Waals surface area contributed by atoms with Crippen LogP contribution in [0.2, 0.25) is 0 Å². The molecule has 1 atom stereocenters. The molecule has 2 heterocycles. The molecule has 0 radical (unpaired) electrons. The SMILES string of the molecule is Cc1ccc(CNC(=O)[C@H]2CCCN2C(=O)c2cccs2)cc1F. The van der Waals surface area contributed by atoms with Crippen molar-refractivity contribution < 1.29 is 14.0 Å². The molecule has 1 aromatic heterocycles. The molecule has 24 heavy (non-hydrogen) atoms. The minimum atomic E-state index is -0.449. The van der Waals surface area contributed by atoms with E-state index < -0.39 is 6.04 Å². The highest BCUT2D eigenvalue weighted by molar-refractivity contribution is 7.12. The summed E-state index contributed by atoms with van der Waals surface area (Å²) in [5, 5.41) is 4.67. The van der Waals surface area contributed by atoms with Gasteiger partial charge in [0, 0.05) is 13.1 Å². The highest BCUT2D eigenvalue weighted by Crippen LogP contribution is 2.22. The number of hydrogen-bond acceptors (Lipinski definition) is 3. The van der Waals surface area contributed by atoms with Crippen molar-refractivity contribution in [3.8, 4) is 0 Å². The van der Waals surface area contributed by atoms with E-state index in [9.17, 15) is 14.0 Å². The average Bonchev–Trinajstić information content (AvgIpc) is 3.26.